The molecule has 0 amide bonds. The van der Waals surface area contributed by atoms with Crippen molar-refractivity contribution < 1.29 is 4.74 Å². The maximum absolute atomic E-state index is 5.21. The summed E-state index contributed by atoms with van der Waals surface area (Å²) in [6, 6.07) is 0. The highest BCUT2D eigenvalue weighted by Gasteiger charge is 2.06. The molecule has 1 rings (SSSR count). The van der Waals surface area contributed by atoms with E-state index in [1.807, 2.05) is 0 Å². The summed E-state index contributed by atoms with van der Waals surface area (Å²) < 4.78 is 5.21. The number of rotatable bonds is 2. The largest absolute Gasteiger partial charge is 0.478 e. The first-order valence-electron chi connectivity index (χ1n) is 4.93. The Hall–Kier alpha value is -1.02. The third kappa shape index (κ3) is 5.60. The van der Waals surface area contributed by atoms with Crippen molar-refractivity contribution in [3.63, 3.8) is 0 Å². The summed E-state index contributed by atoms with van der Waals surface area (Å²) in [5.74, 6) is 1.67. The van der Waals surface area contributed by atoms with Crippen molar-refractivity contribution in [3.8, 4) is 0 Å². The number of ether oxygens (including phenoxy) is 1. The topological polar surface area (TPSA) is 21.3 Å². The van der Waals surface area contributed by atoms with Gasteiger partial charge in [-0.05, 0) is 12.0 Å². The maximum atomic E-state index is 5.21. The van der Waals surface area contributed by atoms with Crippen LogP contribution >= 0.6 is 0 Å². The lowest BCUT2D eigenvalue weighted by Crippen LogP contribution is -2.25. The van der Waals surface area contributed by atoms with Crippen molar-refractivity contribution in [2.45, 2.75) is 20.8 Å². The lowest BCUT2D eigenvalue weighted by atomic mass is 10.2. The zero-order valence-electron chi connectivity index (χ0n) is 9.47. The van der Waals surface area contributed by atoms with E-state index in [9.17, 15) is 0 Å². The molecule has 0 atom stereocenters. The van der Waals surface area contributed by atoms with Gasteiger partial charge in [-0.15, -0.1) is 0 Å². The van der Waals surface area contributed by atoms with Crippen LogP contribution in [-0.2, 0) is 4.74 Å². The second-order valence-corrected chi connectivity index (χ2v) is 3.75. The van der Waals surface area contributed by atoms with Crippen LogP contribution in [0.4, 0.5) is 0 Å². The molecule has 0 aromatic rings. The average Bonchev–Trinajstić information content (AvgIpc) is 2.17. The Labute approximate surface area is 87.3 Å². The summed E-state index contributed by atoms with van der Waals surface area (Å²) >= 11 is 0. The second kappa shape index (κ2) is 7.39. The number of allylic oxidation sites excluding steroid dienone is 1. The molecular weight excluding hydrogens is 174 g/mol. The SMILES string of the molecule is C=CC1=C(C=C)OCNC1.CC(C)C. The first-order chi connectivity index (χ1) is 6.61. The minimum absolute atomic E-state index is 0.568. The lowest BCUT2D eigenvalue weighted by molar-refractivity contribution is 0.184. The molecule has 14 heavy (non-hydrogen) atoms. The van der Waals surface area contributed by atoms with Gasteiger partial charge in [-0.25, -0.2) is 0 Å². The van der Waals surface area contributed by atoms with Crippen molar-refractivity contribution in [3.05, 3.63) is 36.6 Å². The van der Waals surface area contributed by atoms with Gasteiger partial charge in [0, 0.05) is 12.1 Å². The molecule has 0 aromatic carbocycles. The Kier molecular flexibility index (Phi) is 6.85. The molecule has 1 heterocycles. The smallest absolute Gasteiger partial charge is 0.139 e. The number of hydrogen-bond donors (Lipinski definition) is 1. The van der Waals surface area contributed by atoms with E-state index >= 15 is 0 Å². The van der Waals surface area contributed by atoms with Crippen molar-refractivity contribution >= 4 is 0 Å². The van der Waals surface area contributed by atoms with Crippen LogP contribution in [-0.4, -0.2) is 13.3 Å². The molecule has 0 spiro atoms. The van der Waals surface area contributed by atoms with Gasteiger partial charge in [-0.1, -0.05) is 40.0 Å². The monoisotopic (exact) mass is 195 g/mol. The summed E-state index contributed by atoms with van der Waals surface area (Å²) in [5, 5.41) is 3.05. The van der Waals surface area contributed by atoms with Gasteiger partial charge in [-0.2, -0.15) is 0 Å². The molecule has 80 valence electrons. The maximum Gasteiger partial charge on any atom is 0.139 e. The predicted molar refractivity (Wildman–Crippen MR) is 61.9 cm³/mol. The molecular formula is C12H21NO. The zero-order chi connectivity index (χ0) is 11.0. The fraction of sp³-hybridized carbons (Fsp3) is 0.500. The molecule has 1 N–H and O–H groups in total. The van der Waals surface area contributed by atoms with Crippen molar-refractivity contribution in [1.82, 2.24) is 5.32 Å². The number of hydrogen-bond acceptors (Lipinski definition) is 2. The highest BCUT2D eigenvalue weighted by molar-refractivity contribution is 5.29. The van der Waals surface area contributed by atoms with Gasteiger partial charge in [0.2, 0.25) is 0 Å². The Balaban J connectivity index is 0.000000364. The van der Waals surface area contributed by atoms with Gasteiger partial charge >= 0.3 is 0 Å². The molecule has 2 nitrogen and oxygen atoms in total. The highest BCUT2D eigenvalue weighted by atomic mass is 16.5. The van der Waals surface area contributed by atoms with E-state index in [1.165, 1.54) is 0 Å². The van der Waals surface area contributed by atoms with E-state index in [0.29, 0.717) is 6.73 Å². The van der Waals surface area contributed by atoms with Crippen LogP contribution in [0.2, 0.25) is 0 Å². The molecule has 0 aromatic heterocycles. The van der Waals surface area contributed by atoms with Crippen LogP contribution in [0, 0.1) is 5.92 Å². The fourth-order valence-corrected chi connectivity index (χ4v) is 0.857. The predicted octanol–water partition coefficient (Wildman–Crippen LogP) is 2.85. The first-order valence-corrected chi connectivity index (χ1v) is 4.93. The quantitative estimate of drug-likeness (QED) is 0.731. The lowest BCUT2D eigenvalue weighted by Gasteiger charge is -2.17. The van der Waals surface area contributed by atoms with E-state index in [4.69, 9.17) is 4.74 Å². The van der Waals surface area contributed by atoms with Crippen LogP contribution in [0.15, 0.2) is 36.6 Å². The second-order valence-electron chi connectivity index (χ2n) is 3.75. The van der Waals surface area contributed by atoms with Crippen molar-refractivity contribution in [2.75, 3.05) is 13.3 Å². The van der Waals surface area contributed by atoms with Crippen LogP contribution < -0.4 is 5.32 Å². The summed E-state index contributed by atoms with van der Waals surface area (Å²) in [6.07, 6.45) is 3.49. The van der Waals surface area contributed by atoms with Crippen LogP contribution in [0.5, 0.6) is 0 Å². The van der Waals surface area contributed by atoms with Gasteiger partial charge in [-0.3, -0.25) is 5.32 Å². The minimum Gasteiger partial charge on any atom is -0.478 e. The average molecular weight is 195 g/mol. The highest BCUT2D eigenvalue weighted by Crippen LogP contribution is 2.10. The molecule has 0 bridgehead atoms. The third-order valence-electron chi connectivity index (χ3n) is 1.39. The van der Waals surface area contributed by atoms with E-state index in [1.54, 1.807) is 12.2 Å². The van der Waals surface area contributed by atoms with Crippen molar-refractivity contribution in [1.29, 1.82) is 0 Å². The van der Waals surface area contributed by atoms with E-state index in [0.717, 1.165) is 23.8 Å². The Morgan fingerprint density at radius 3 is 2.21 bits per heavy atom. The summed E-state index contributed by atoms with van der Waals surface area (Å²) in [4.78, 5) is 0. The standard InChI is InChI=1S/C8H11NO.C4H10/c1-3-7-5-9-6-10-8(7)4-2;1-4(2)3/h3-4,9H,1-2,5-6H2;4H,1-3H3. The van der Waals surface area contributed by atoms with Crippen LogP contribution in [0.1, 0.15) is 20.8 Å². The molecule has 0 fully saturated rings. The molecule has 0 saturated heterocycles. The van der Waals surface area contributed by atoms with Gasteiger partial charge in [0.1, 0.15) is 12.5 Å². The molecule has 0 saturated carbocycles. The summed E-state index contributed by atoms with van der Waals surface area (Å²) in [5.41, 5.74) is 1.07. The Morgan fingerprint density at radius 1 is 1.29 bits per heavy atom. The Morgan fingerprint density at radius 2 is 1.86 bits per heavy atom. The zero-order valence-corrected chi connectivity index (χ0v) is 9.47. The molecule has 1 aliphatic rings. The number of nitrogens with one attached hydrogen (secondary N) is 1. The molecule has 1 aliphatic heterocycles. The third-order valence-corrected chi connectivity index (χ3v) is 1.39. The van der Waals surface area contributed by atoms with Gasteiger partial charge in [0.05, 0.1) is 0 Å². The first kappa shape index (κ1) is 13.0. The van der Waals surface area contributed by atoms with E-state index < -0.39 is 0 Å². The van der Waals surface area contributed by atoms with Gasteiger partial charge in [0.15, 0.2) is 0 Å². The van der Waals surface area contributed by atoms with Crippen molar-refractivity contribution in [2.24, 2.45) is 5.92 Å². The van der Waals surface area contributed by atoms with Gasteiger partial charge in [0.25, 0.3) is 0 Å². The van der Waals surface area contributed by atoms with Gasteiger partial charge < -0.3 is 4.74 Å². The summed E-state index contributed by atoms with van der Waals surface area (Å²) in [7, 11) is 0. The van der Waals surface area contributed by atoms with E-state index in [-0.39, 0.29) is 0 Å². The molecule has 2 heteroatoms. The Bertz CT molecular complexity index is 194. The normalized spacial score (nSPS) is 15.4. The van der Waals surface area contributed by atoms with Crippen LogP contribution in [0.25, 0.3) is 0 Å². The summed E-state index contributed by atoms with van der Waals surface area (Å²) in [6.45, 7) is 15.2. The molecule has 0 radical (unpaired) electrons. The molecule has 0 unspecified atom stereocenters. The van der Waals surface area contributed by atoms with Crippen LogP contribution in [0.3, 0.4) is 0 Å². The fourth-order valence-electron chi connectivity index (χ4n) is 0.857. The van der Waals surface area contributed by atoms with E-state index in [2.05, 4.69) is 39.2 Å². The molecule has 0 aliphatic carbocycles. The minimum atomic E-state index is 0.568.